The Balaban J connectivity index is 1.56. The third-order valence-electron chi connectivity index (χ3n) is 4.97. The predicted octanol–water partition coefficient (Wildman–Crippen LogP) is 4.84. The first-order valence-electron chi connectivity index (χ1n) is 9.90. The molecule has 1 amide bonds. The molecule has 2 aromatic carbocycles. The van der Waals surface area contributed by atoms with Crippen molar-refractivity contribution in [3.05, 3.63) is 64.4 Å². The van der Waals surface area contributed by atoms with Gasteiger partial charge in [0.15, 0.2) is 11.5 Å². The molecule has 0 radical (unpaired) electrons. The molecule has 1 saturated carbocycles. The number of rotatable bonds is 7. The van der Waals surface area contributed by atoms with Gasteiger partial charge in [0.05, 0.1) is 18.1 Å². The molecule has 8 heteroatoms. The fraction of sp³-hybridized carbons (Fsp3) is 0.304. The fourth-order valence-corrected chi connectivity index (χ4v) is 3.47. The summed E-state index contributed by atoms with van der Waals surface area (Å²) in [6.07, 6.45) is 6.39. The lowest BCUT2D eigenvalue weighted by molar-refractivity contribution is -0.160. The van der Waals surface area contributed by atoms with Crippen molar-refractivity contribution >= 4 is 29.6 Å². The number of hydroxylamine groups is 1. The van der Waals surface area contributed by atoms with Crippen molar-refractivity contribution in [3.8, 4) is 11.5 Å². The van der Waals surface area contributed by atoms with E-state index in [9.17, 15) is 14.0 Å². The van der Waals surface area contributed by atoms with Crippen molar-refractivity contribution in [1.29, 1.82) is 0 Å². The number of carbonyl (C=O) groups is 2. The zero-order chi connectivity index (χ0) is 22.2. The van der Waals surface area contributed by atoms with E-state index in [-0.39, 0.29) is 17.5 Å². The Morgan fingerprint density at radius 3 is 2.71 bits per heavy atom. The summed E-state index contributed by atoms with van der Waals surface area (Å²) in [6.45, 7) is -0.0211. The van der Waals surface area contributed by atoms with Crippen molar-refractivity contribution in [1.82, 2.24) is 5.48 Å². The molecule has 0 aliphatic heterocycles. The number of amides is 1. The van der Waals surface area contributed by atoms with Gasteiger partial charge in [-0.1, -0.05) is 42.6 Å². The van der Waals surface area contributed by atoms with Crippen LogP contribution in [0, 0.1) is 11.7 Å². The Bertz CT molecular complexity index is 972. The second-order valence-corrected chi connectivity index (χ2v) is 7.52. The number of benzene rings is 2. The monoisotopic (exact) mass is 447 g/mol. The first kappa shape index (κ1) is 22.6. The van der Waals surface area contributed by atoms with Crippen molar-refractivity contribution in [2.75, 3.05) is 7.11 Å². The van der Waals surface area contributed by atoms with Gasteiger partial charge in [-0.3, -0.25) is 4.79 Å². The molecule has 6 nitrogen and oxygen atoms in total. The molecule has 3 rings (SSSR count). The Hall–Kier alpha value is -3.06. The molecule has 0 saturated heterocycles. The van der Waals surface area contributed by atoms with Gasteiger partial charge in [0.25, 0.3) is 5.91 Å². The highest BCUT2D eigenvalue weighted by molar-refractivity contribution is 6.30. The molecular weight excluding hydrogens is 425 g/mol. The van der Waals surface area contributed by atoms with Gasteiger partial charge >= 0.3 is 5.97 Å². The van der Waals surface area contributed by atoms with Crippen LogP contribution in [0.1, 0.15) is 36.8 Å². The normalized spacial score (nSPS) is 13.9. The summed E-state index contributed by atoms with van der Waals surface area (Å²) < 4.78 is 25.0. The van der Waals surface area contributed by atoms with E-state index >= 15 is 0 Å². The van der Waals surface area contributed by atoms with Crippen LogP contribution < -0.4 is 15.0 Å². The molecular formula is C23H23ClFNO5. The Morgan fingerprint density at radius 1 is 1.19 bits per heavy atom. The molecule has 2 aromatic rings. The van der Waals surface area contributed by atoms with Crippen LogP contribution in [0.2, 0.25) is 5.02 Å². The number of nitrogens with one attached hydrogen (secondary N) is 1. The van der Waals surface area contributed by atoms with Gasteiger partial charge in [0.1, 0.15) is 12.4 Å². The lowest BCUT2D eigenvalue weighted by Crippen LogP contribution is -2.28. The number of methoxy groups -OCH3 is 1. The number of hydrogen-bond donors (Lipinski definition) is 1. The minimum Gasteiger partial charge on any atom is -0.493 e. The average molecular weight is 448 g/mol. The maximum absolute atomic E-state index is 14.0. The van der Waals surface area contributed by atoms with Crippen molar-refractivity contribution in [2.45, 2.75) is 32.3 Å². The first-order chi connectivity index (χ1) is 15.0. The Morgan fingerprint density at radius 2 is 1.97 bits per heavy atom. The molecule has 0 heterocycles. The highest BCUT2D eigenvalue weighted by Gasteiger charge is 2.24. The van der Waals surface area contributed by atoms with Crippen LogP contribution in [-0.2, 0) is 21.0 Å². The van der Waals surface area contributed by atoms with E-state index in [4.69, 9.17) is 25.9 Å². The second kappa shape index (κ2) is 10.8. The molecule has 0 unspecified atom stereocenters. The largest absolute Gasteiger partial charge is 0.493 e. The molecule has 1 N–H and O–H groups in total. The molecule has 1 fully saturated rings. The van der Waals surface area contributed by atoms with E-state index in [1.165, 1.54) is 19.3 Å². The number of ether oxygens (including phenoxy) is 2. The van der Waals surface area contributed by atoms with Gasteiger partial charge < -0.3 is 14.3 Å². The van der Waals surface area contributed by atoms with E-state index in [2.05, 4.69) is 5.48 Å². The topological polar surface area (TPSA) is 73.9 Å². The number of halogens is 2. The maximum atomic E-state index is 14.0. The summed E-state index contributed by atoms with van der Waals surface area (Å²) in [5, 5.41) is 0.0285. The Labute approximate surface area is 184 Å². The second-order valence-electron chi connectivity index (χ2n) is 7.11. The predicted molar refractivity (Wildman–Crippen MR) is 114 cm³/mol. The molecule has 1 aliphatic rings. The summed E-state index contributed by atoms with van der Waals surface area (Å²) in [5.41, 5.74) is 3.12. The average Bonchev–Trinajstić information content (AvgIpc) is 3.32. The lowest BCUT2D eigenvalue weighted by atomic mass is 10.1. The SMILES string of the molecule is COc1cc(C=CC(=O)NOC(=O)C2CCCC2)ccc1OCc1cccc(Cl)c1F. The van der Waals surface area contributed by atoms with Gasteiger partial charge in [-0.05, 0) is 42.7 Å². The Kier molecular flexibility index (Phi) is 7.89. The zero-order valence-corrected chi connectivity index (χ0v) is 17.8. The van der Waals surface area contributed by atoms with Crippen LogP contribution in [0.25, 0.3) is 6.08 Å². The highest BCUT2D eigenvalue weighted by Crippen LogP contribution is 2.30. The molecule has 0 aromatic heterocycles. The summed E-state index contributed by atoms with van der Waals surface area (Å²) in [5.74, 6) is -0.795. The van der Waals surface area contributed by atoms with Crippen molar-refractivity contribution < 1.29 is 28.3 Å². The first-order valence-corrected chi connectivity index (χ1v) is 10.3. The number of carbonyl (C=O) groups excluding carboxylic acids is 2. The van der Waals surface area contributed by atoms with Gasteiger partial charge in [-0.2, -0.15) is 5.48 Å². The summed E-state index contributed by atoms with van der Waals surface area (Å²) in [4.78, 5) is 28.6. The lowest BCUT2D eigenvalue weighted by Gasteiger charge is -2.12. The maximum Gasteiger partial charge on any atom is 0.335 e. The van der Waals surface area contributed by atoms with Gasteiger partial charge in [-0.15, -0.1) is 0 Å². The minimum atomic E-state index is -0.554. The zero-order valence-electron chi connectivity index (χ0n) is 17.0. The summed E-state index contributed by atoms with van der Waals surface area (Å²) in [7, 11) is 1.48. The molecule has 0 spiro atoms. The van der Waals surface area contributed by atoms with E-state index in [0.717, 1.165) is 25.7 Å². The summed E-state index contributed by atoms with van der Waals surface area (Å²) in [6, 6.07) is 9.72. The highest BCUT2D eigenvalue weighted by atomic mass is 35.5. The van der Waals surface area contributed by atoms with Gasteiger partial charge in [0.2, 0.25) is 0 Å². The standard InChI is InChI=1S/C23H23ClFNO5/c1-29-20-13-15(10-12-21(27)26-31-23(28)16-5-2-3-6-16)9-11-19(20)30-14-17-7-4-8-18(24)22(17)25/h4,7-13,16H,2-3,5-6,14H2,1H3,(H,26,27). The smallest absolute Gasteiger partial charge is 0.335 e. The van der Waals surface area contributed by atoms with E-state index in [1.807, 2.05) is 0 Å². The van der Waals surface area contributed by atoms with Crippen molar-refractivity contribution in [2.24, 2.45) is 5.92 Å². The van der Waals surface area contributed by atoms with Crippen LogP contribution in [0.4, 0.5) is 4.39 Å². The van der Waals surface area contributed by atoms with Crippen LogP contribution >= 0.6 is 11.6 Å². The third kappa shape index (κ3) is 6.21. The molecule has 31 heavy (non-hydrogen) atoms. The van der Waals surface area contributed by atoms with Gasteiger partial charge in [-0.25, -0.2) is 9.18 Å². The van der Waals surface area contributed by atoms with E-state index in [0.29, 0.717) is 22.6 Å². The molecule has 0 bridgehead atoms. The van der Waals surface area contributed by atoms with Crippen LogP contribution in [0.3, 0.4) is 0 Å². The molecule has 164 valence electrons. The van der Waals surface area contributed by atoms with Gasteiger partial charge in [0, 0.05) is 11.6 Å². The third-order valence-corrected chi connectivity index (χ3v) is 5.26. The van der Waals surface area contributed by atoms with Crippen LogP contribution in [-0.4, -0.2) is 19.0 Å². The van der Waals surface area contributed by atoms with E-state index < -0.39 is 17.7 Å². The molecule has 1 aliphatic carbocycles. The van der Waals surface area contributed by atoms with Crippen molar-refractivity contribution in [3.63, 3.8) is 0 Å². The van der Waals surface area contributed by atoms with Crippen LogP contribution in [0.15, 0.2) is 42.5 Å². The quantitative estimate of drug-likeness (QED) is 0.485. The number of hydrogen-bond acceptors (Lipinski definition) is 5. The van der Waals surface area contributed by atoms with E-state index in [1.54, 1.807) is 36.4 Å². The summed E-state index contributed by atoms with van der Waals surface area (Å²) >= 11 is 5.78. The molecule has 0 atom stereocenters. The minimum absolute atomic E-state index is 0.0211. The van der Waals surface area contributed by atoms with Crippen LogP contribution in [0.5, 0.6) is 11.5 Å². The fourth-order valence-electron chi connectivity index (χ4n) is 3.27.